The summed E-state index contributed by atoms with van der Waals surface area (Å²) in [6.45, 7) is 8.75. The molecule has 27 heavy (non-hydrogen) atoms. The van der Waals surface area contributed by atoms with Gasteiger partial charge in [0.15, 0.2) is 0 Å². The van der Waals surface area contributed by atoms with Crippen molar-refractivity contribution >= 4 is 28.8 Å². The molecular weight excluding hydrogens is 382 g/mol. The third-order valence-electron chi connectivity index (χ3n) is 4.34. The molecule has 0 aromatic carbocycles. The van der Waals surface area contributed by atoms with Crippen molar-refractivity contribution in [3.8, 4) is 16.2 Å². The summed E-state index contributed by atoms with van der Waals surface area (Å²) in [7, 11) is 3.31. The highest BCUT2D eigenvalue weighted by Gasteiger charge is 2.33. The number of nitrogens with two attached hydrogens (primary N) is 1. The van der Waals surface area contributed by atoms with E-state index in [0.717, 1.165) is 15.3 Å². The molecule has 1 atom stereocenters. The normalized spacial score (nSPS) is 14.9. The number of aromatic nitrogens is 1. The smallest absolute Gasteiger partial charge is 0.137 e. The number of ether oxygens (including phenoxy) is 2. The third-order valence-corrected chi connectivity index (χ3v) is 6.19. The summed E-state index contributed by atoms with van der Waals surface area (Å²) < 4.78 is 10.6. The average molecular weight is 410 g/mol. The molecule has 2 rings (SSSR count). The van der Waals surface area contributed by atoms with Crippen LogP contribution in [0.3, 0.4) is 0 Å². The molecule has 0 radical (unpaired) electrons. The molecule has 0 spiro atoms. The van der Waals surface area contributed by atoms with Crippen molar-refractivity contribution in [2.24, 2.45) is 16.1 Å². The molecule has 0 saturated carbocycles. The number of nitrogens with zero attached hydrogens (tertiary/aromatic N) is 2. The Morgan fingerprint density at radius 2 is 1.93 bits per heavy atom. The standard InChI is InChI=1S/C20H28ClN3O2S/c1-19(2,3)18(22)24-20(4,7-8-25-5)17-15(21)10-16(27-17)13-9-14(26-6)12-23-11-13/h9-12H,7-8H2,1-6H3,(H2,22,24)/t20-/m0/s1. The second kappa shape index (κ2) is 8.59. The topological polar surface area (TPSA) is 69.7 Å². The molecule has 2 aromatic heterocycles. The van der Waals surface area contributed by atoms with E-state index in [1.807, 2.05) is 32.9 Å². The van der Waals surface area contributed by atoms with Gasteiger partial charge in [0, 0.05) is 42.2 Å². The Morgan fingerprint density at radius 1 is 1.22 bits per heavy atom. The summed E-state index contributed by atoms with van der Waals surface area (Å²) >= 11 is 8.23. The molecule has 0 aliphatic rings. The minimum Gasteiger partial charge on any atom is -0.495 e. The molecule has 7 heteroatoms. The first kappa shape index (κ1) is 21.7. The summed E-state index contributed by atoms with van der Waals surface area (Å²) in [4.78, 5) is 11.1. The molecule has 0 bridgehead atoms. The maximum atomic E-state index is 6.64. The third kappa shape index (κ3) is 5.21. The Kier molecular flexibility index (Phi) is 6.89. The molecule has 0 aliphatic heterocycles. The van der Waals surface area contributed by atoms with Crippen molar-refractivity contribution in [3.63, 3.8) is 0 Å². The molecule has 0 fully saturated rings. The second-order valence-electron chi connectivity index (χ2n) is 7.66. The van der Waals surface area contributed by atoms with Gasteiger partial charge < -0.3 is 15.2 Å². The van der Waals surface area contributed by atoms with Gasteiger partial charge in [0.05, 0.1) is 28.7 Å². The largest absolute Gasteiger partial charge is 0.495 e. The zero-order valence-electron chi connectivity index (χ0n) is 16.8. The van der Waals surface area contributed by atoms with Gasteiger partial charge in [0.2, 0.25) is 0 Å². The van der Waals surface area contributed by atoms with E-state index in [1.54, 1.807) is 38.0 Å². The monoisotopic (exact) mass is 409 g/mol. The van der Waals surface area contributed by atoms with E-state index in [4.69, 9.17) is 31.8 Å². The molecule has 5 nitrogen and oxygen atoms in total. The van der Waals surface area contributed by atoms with Crippen LogP contribution in [-0.4, -0.2) is 31.6 Å². The molecule has 2 aromatic rings. The minimum atomic E-state index is -0.570. The number of amidine groups is 1. The van der Waals surface area contributed by atoms with Crippen LogP contribution in [0.1, 0.15) is 39.0 Å². The number of halogens is 1. The van der Waals surface area contributed by atoms with Gasteiger partial charge in [-0.3, -0.25) is 9.98 Å². The van der Waals surface area contributed by atoms with Crippen molar-refractivity contribution in [2.75, 3.05) is 20.8 Å². The summed E-state index contributed by atoms with van der Waals surface area (Å²) in [6, 6.07) is 3.89. The van der Waals surface area contributed by atoms with Gasteiger partial charge in [-0.1, -0.05) is 32.4 Å². The van der Waals surface area contributed by atoms with E-state index in [-0.39, 0.29) is 5.41 Å². The molecule has 0 saturated heterocycles. The van der Waals surface area contributed by atoms with E-state index >= 15 is 0 Å². The lowest BCUT2D eigenvalue weighted by Gasteiger charge is -2.28. The fourth-order valence-corrected chi connectivity index (χ4v) is 4.14. The molecular formula is C20H28ClN3O2S. The molecule has 0 unspecified atom stereocenters. The van der Waals surface area contributed by atoms with Crippen LogP contribution in [0.4, 0.5) is 0 Å². The van der Waals surface area contributed by atoms with Crippen molar-refractivity contribution in [2.45, 2.75) is 39.7 Å². The number of hydrogen-bond acceptors (Lipinski definition) is 5. The summed E-state index contributed by atoms with van der Waals surface area (Å²) in [6.07, 6.45) is 4.15. The molecule has 0 amide bonds. The Morgan fingerprint density at radius 3 is 2.52 bits per heavy atom. The van der Waals surface area contributed by atoms with Gasteiger partial charge in [-0.05, 0) is 19.1 Å². The summed E-state index contributed by atoms with van der Waals surface area (Å²) in [5.74, 6) is 1.30. The van der Waals surface area contributed by atoms with Gasteiger partial charge in [0.1, 0.15) is 11.6 Å². The van der Waals surface area contributed by atoms with Gasteiger partial charge in [-0.25, -0.2) is 0 Å². The molecule has 2 N–H and O–H groups in total. The lowest BCUT2D eigenvalue weighted by atomic mass is 9.92. The maximum absolute atomic E-state index is 6.64. The number of aliphatic imine (C=N–C) groups is 1. The van der Waals surface area contributed by atoms with Crippen LogP contribution in [0.25, 0.3) is 10.4 Å². The van der Waals surface area contributed by atoms with Crippen molar-refractivity contribution in [1.82, 2.24) is 4.98 Å². The number of pyridine rings is 1. The van der Waals surface area contributed by atoms with Gasteiger partial charge in [0.25, 0.3) is 0 Å². The van der Waals surface area contributed by atoms with Crippen LogP contribution >= 0.6 is 22.9 Å². The number of methoxy groups -OCH3 is 2. The number of thiophene rings is 1. The molecule has 148 valence electrons. The summed E-state index contributed by atoms with van der Waals surface area (Å²) in [5.41, 5.74) is 6.45. The predicted octanol–water partition coefficient (Wildman–Crippen LogP) is 5.13. The summed E-state index contributed by atoms with van der Waals surface area (Å²) in [5, 5.41) is 0.668. The highest BCUT2D eigenvalue weighted by atomic mass is 35.5. The van der Waals surface area contributed by atoms with E-state index < -0.39 is 5.54 Å². The minimum absolute atomic E-state index is 0.225. The Hall–Kier alpha value is -1.63. The van der Waals surface area contributed by atoms with Gasteiger partial charge >= 0.3 is 0 Å². The molecule has 2 heterocycles. The van der Waals surface area contributed by atoms with Crippen molar-refractivity contribution in [3.05, 3.63) is 34.4 Å². The highest BCUT2D eigenvalue weighted by Crippen LogP contribution is 2.44. The fraction of sp³-hybridized carbons (Fsp3) is 0.500. The first-order valence-corrected chi connectivity index (χ1v) is 9.94. The number of rotatable bonds is 7. The van der Waals surface area contributed by atoms with E-state index in [1.165, 1.54) is 0 Å². The van der Waals surface area contributed by atoms with Crippen molar-refractivity contribution < 1.29 is 9.47 Å². The van der Waals surface area contributed by atoms with Crippen LogP contribution in [0, 0.1) is 5.41 Å². The Balaban J connectivity index is 2.52. The Labute approximate surface area is 170 Å². The zero-order valence-corrected chi connectivity index (χ0v) is 18.4. The predicted molar refractivity (Wildman–Crippen MR) is 114 cm³/mol. The van der Waals surface area contributed by atoms with Crippen LogP contribution in [0.2, 0.25) is 5.02 Å². The van der Waals surface area contributed by atoms with Gasteiger partial charge in [-0.2, -0.15) is 0 Å². The maximum Gasteiger partial charge on any atom is 0.137 e. The molecule has 0 aliphatic carbocycles. The lowest BCUT2D eigenvalue weighted by Crippen LogP contribution is -2.33. The Bertz CT molecular complexity index is 814. The average Bonchev–Trinajstić information content (AvgIpc) is 3.02. The van der Waals surface area contributed by atoms with E-state index in [0.29, 0.717) is 29.6 Å². The van der Waals surface area contributed by atoms with Crippen LogP contribution in [0.15, 0.2) is 29.5 Å². The SMILES string of the molecule is COCC[C@](C)(N=C(N)C(C)(C)C)c1sc(-c2cncc(OC)c2)cc1Cl. The van der Waals surface area contributed by atoms with E-state index in [2.05, 4.69) is 11.9 Å². The first-order valence-electron chi connectivity index (χ1n) is 8.74. The van der Waals surface area contributed by atoms with Crippen LogP contribution in [0.5, 0.6) is 5.75 Å². The first-order chi connectivity index (χ1) is 12.6. The lowest BCUT2D eigenvalue weighted by molar-refractivity contribution is 0.173. The van der Waals surface area contributed by atoms with Crippen molar-refractivity contribution in [1.29, 1.82) is 0 Å². The number of hydrogen-bond donors (Lipinski definition) is 1. The second-order valence-corrected chi connectivity index (χ2v) is 9.12. The highest BCUT2D eigenvalue weighted by molar-refractivity contribution is 7.16. The van der Waals surface area contributed by atoms with Gasteiger partial charge in [-0.15, -0.1) is 11.3 Å². The fourth-order valence-electron chi connectivity index (χ4n) is 2.50. The quantitative estimate of drug-likeness (QED) is 0.508. The zero-order chi connectivity index (χ0) is 20.2. The van der Waals surface area contributed by atoms with E-state index in [9.17, 15) is 0 Å². The van der Waals surface area contributed by atoms with Crippen LogP contribution < -0.4 is 10.5 Å². The van der Waals surface area contributed by atoms with Crippen LogP contribution in [-0.2, 0) is 10.3 Å².